The number of aliphatic carboxylic acids is 1. The van der Waals surface area contributed by atoms with E-state index in [0.29, 0.717) is 0 Å². The molecule has 1 fully saturated rings. The van der Waals surface area contributed by atoms with Crippen molar-refractivity contribution >= 4 is 35.0 Å². The minimum Gasteiger partial charge on any atom is -1.00 e. The second-order valence-corrected chi connectivity index (χ2v) is 2.62. The molecule has 4 N–H and O–H groups in total. The molecule has 1 rings (SSSR count). The topological polar surface area (TPSA) is 124 Å². The molecule has 0 bridgehead atoms. The number of ether oxygens (including phenoxy) is 1. The molecule has 1 unspecified atom stereocenters. The molecular formula is C6H10MgO7. The van der Waals surface area contributed by atoms with Crippen LogP contribution in [0.4, 0.5) is 0 Å². The molecular weight excluding hydrogens is 208 g/mol. The summed E-state index contributed by atoms with van der Waals surface area (Å²) in [7, 11) is 0. The van der Waals surface area contributed by atoms with Crippen LogP contribution in [0.5, 0.6) is 0 Å². The van der Waals surface area contributed by atoms with Crippen LogP contribution in [0.3, 0.4) is 0 Å². The van der Waals surface area contributed by atoms with Gasteiger partial charge in [0.05, 0.1) is 0 Å². The van der Waals surface area contributed by atoms with E-state index in [1.165, 1.54) is 0 Å². The van der Waals surface area contributed by atoms with Crippen LogP contribution in [-0.2, 0) is 14.3 Å². The molecule has 0 radical (unpaired) electrons. The molecule has 0 aromatic carbocycles. The number of esters is 1. The number of cyclic esters (lactones) is 1. The van der Waals surface area contributed by atoms with Crippen molar-refractivity contribution in [1.29, 1.82) is 0 Å². The molecule has 1 saturated heterocycles. The summed E-state index contributed by atoms with van der Waals surface area (Å²) in [5, 5.41) is 35.0. The van der Waals surface area contributed by atoms with Gasteiger partial charge in [-0.2, -0.15) is 0 Å². The van der Waals surface area contributed by atoms with E-state index in [2.05, 4.69) is 4.74 Å². The first-order chi connectivity index (χ1) is 5.95. The van der Waals surface area contributed by atoms with Gasteiger partial charge in [0, 0.05) is 0 Å². The smallest absolute Gasteiger partial charge is 1.00 e. The minimum atomic E-state index is -2.03. The van der Waals surface area contributed by atoms with Gasteiger partial charge in [0.15, 0.2) is 18.3 Å². The second kappa shape index (κ2) is 4.89. The van der Waals surface area contributed by atoms with Crippen molar-refractivity contribution in [1.82, 2.24) is 0 Å². The zero-order valence-corrected chi connectivity index (χ0v) is 8.44. The number of hydrogen-bond donors (Lipinski definition) is 4. The zero-order valence-electron chi connectivity index (χ0n) is 9.03. The molecule has 0 spiro atoms. The van der Waals surface area contributed by atoms with Crippen molar-refractivity contribution in [2.24, 2.45) is 0 Å². The number of hydrogen-bond acceptors (Lipinski definition) is 6. The first kappa shape index (κ1) is 13.6. The van der Waals surface area contributed by atoms with E-state index in [1.54, 1.807) is 0 Å². The van der Waals surface area contributed by atoms with Crippen molar-refractivity contribution in [3.05, 3.63) is 0 Å². The van der Waals surface area contributed by atoms with Gasteiger partial charge in [0.25, 0.3) is 0 Å². The Hall–Kier alpha value is -0.414. The van der Waals surface area contributed by atoms with E-state index >= 15 is 0 Å². The molecule has 8 heteroatoms. The Morgan fingerprint density at radius 1 is 1.50 bits per heavy atom. The van der Waals surface area contributed by atoms with Crippen LogP contribution < -0.4 is 0 Å². The van der Waals surface area contributed by atoms with Crippen LogP contribution in [0, 0.1) is 0 Å². The average Bonchev–Trinajstić information content (AvgIpc) is 2.31. The summed E-state index contributed by atoms with van der Waals surface area (Å²) < 4.78 is 4.24. The van der Waals surface area contributed by atoms with Crippen molar-refractivity contribution in [3.8, 4) is 0 Å². The fraction of sp³-hybridized carbons (Fsp3) is 0.667. The summed E-state index contributed by atoms with van der Waals surface area (Å²) in [5.41, 5.74) is 0. The fourth-order valence-corrected chi connectivity index (χ4v) is 0.984. The monoisotopic (exact) mass is 218 g/mol. The molecule has 4 atom stereocenters. The third kappa shape index (κ3) is 2.33. The van der Waals surface area contributed by atoms with E-state index in [-0.39, 0.29) is 25.9 Å². The summed E-state index contributed by atoms with van der Waals surface area (Å²) in [6.07, 6.45) is -7.14. The van der Waals surface area contributed by atoms with Gasteiger partial charge < -0.3 is 28.0 Å². The van der Waals surface area contributed by atoms with E-state index in [9.17, 15) is 9.59 Å². The Morgan fingerprint density at radius 3 is 2.29 bits per heavy atom. The quantitative estimate of drug-likeness (QED) is 0.286. The summed E-state index contributed by atoms with van der Waals surface area (Å²) in [6, 6.07) is 0. The Kier molecular flexibility index (Phi) is 4.75. The molecule has 0 aromatic heterocycles. The molecule has 1 aliphatic heterocycles. The van der Waals surface area contributed by atoms with Gasteiger partial charge in [0.2, 0.25) is 0 Å². The predicted octanol–water partition coefficient (Wildman–Crippen LogP) is -3.08. The number of carboxylic acids is 1. The maximum atomic E-state index is 10.6. The van der Waals surface area contributed by atoms with Crippen molar-refractivity contribution in [2.75, 3.05) is 0 Å². The number of carbonyl (C=O) groups excluding carboxylic acids is 1. The standard InChI is InChI=1S/C6H8O7.Mg.2H/c7-1-2(8)6(12)13-4(1)3(9)5(10)11;;;/h1-4,7-9H,(H,10,11);;;/q;+2;2*-1/t1-,2+,3?,4+;;;/m1.../s1. The number of aliphatic hydroxyl groups is 3. The Labute approximate surface area is 97.4 Å². The molecule has 0 aromatic rings. The summed E-state index contributed by atoms with van der Waals surface area (Å²) in [6.45, 7) is 0. The molecule has 7 nitrogen and oxygen atoms in total. The number of carboxylic acid groups (broad SMARTS) is 1. The van der Waals surface area contributed by atoms with E-state index < -0.39 is 36.4 Å². The van der Waals surface area contributed by atoms with Gasteiger partial charge in [0.1, 0.15) is 6.10 Å². The normalized spacial score (nSPS) is 33.1. The number of rotatable bonds is 2. The zero-order chi connectivity index (χ0) is 10.2. The van der Waals surface area contributed by atoms with E-state index in [0.717, 1.165) is 0 Å². The van der Waals surface area contributed by atoms with Gasteiger partial charge in [-0.25, -0.2) is 9.59 Å². The predicted molar refractivity (Wildman–Crippen MR) is 43.5 cm³/mol. The first-order valence-corrected chi connectivity index (χ1v) is 3.42. The molecule has 0 saturated carbocycles. The third-order valence-electron chi connectivity index (χ3n) is 1.72. The van der Waals surface area contributed by atoms with Gasteiger partial charge in [-0.1, -0.05) is 0 Å². The molecule has 1 aliphatic rings. The summed E-state index contributed by atoms with van der Waals surface area (Å²) >= 11 is 0. The SMILES string of the molecule is O=C(O)C(O)[C@H]1OC(=O)[C@@H](O)[C@H]1O.[H-].[H-].[Mg+2]. The van der Waals surface area contributed by atoms with Crippen LogP contribution in [-0.4, -0.2) is 79.8 Å². The Balaban J connectivity index is -0.000000563. The van der Waals surface area contributed by atoms with Gasteiger partial charge in [-0.3, -0.25) is 0 Å². The number of aliphatic hydroxyl groups excluding tert-OH is 3. The van der Waals surface area contributed by atoms with Crippen molar-refractivity contribution in [3.63, 3.8) is 0 Å². The van der Waals surface area contributed by atoms with Crippen LogP contribution in [0.2, 0.25) is 0 Å². The molecule has 0 amide bonds. The minimum absolute atomic E-state index is 0. The molecule has 0 aliphatic carbocycles. The average molecular weight is 218 g/mol. The van der Waals surface area contributed by atoms with Crippen molar-refractivity contribution in [2.45, 2.75) is 24.4 Å². The summed E-state index contributed by atoms with van der Waals surface area (Å²) in [5.74, 6) is -2.77. The second-order valence-electron chi connectivity index (χ2n) is 2.62. The van der Waals surface area contributed by atoms with Crippen LogP contribution in [0.25, 0.3) is 0 Å². The fourth-order valence-electron chi connectivity index (χ4n) is 0.984. The molecule has 14 heavy (non-hydrogen) atoms. The van der Waals surface area contributed by atoms with E-state index in [1.807, 2.05) is 0 Å². The van der Waals surface area contributed by atoms with E-state index in [4.69, 9.17) is 20.4 Å². The van der Waals surface area contributed by atoms with Gasteiger partial charge in [-0.05, 0) is 0 Å². The Bertz CT molecular complexity index is 251. The van der Waals surface area contributed by atoms with Crippen LogP contribution in [0.1, 0.15) is 2.85 Å². The van der Waals surface area contributed by atoms with Crippen LogP contribution >= 0.6 is 0 Å². The Morgan fingerprint density at radius 2 is 2.00 bits per heavy atom. The maximum absolute atomic E-state index is 10.6. The largest absolute Gasteiger partial charge is 2.00 e. The summed E-state index contributed by atoms with van der Waals surface area (Å²) in [4.78, 5) is 20.8. The molecule has 78 valence electrons. The van der Waals surface area contributed by atoms with Crippen molar-refractivity contribution < 1.29 is 37.6 Å². The third-order valence-corrected chi connectivity index (χ3v) is 1.72. The van der Waals surface area contributed by atoms with Crippen LogP contribution in [0.15, 0.2) is 0 Å². The molecule has 1 heterocycles. The van der Waals surface area contributed by atoms with Gasteiger partial charge in [-0.15, -0.1) is 0 Å². The van der Waals surface area contributed by atoms with Gasteiger partial charge >= 0.3 is 35.0 Å². The number of carbonyl (C=O) groups is 2. The maximum Gasteiger partial charge on any atom is 2.00 e. The first-order valence-electron chi connectivity index (χ1n) is 3.42.